The van der Waals surface area contributed by atoms with E-state index in [1.807, 2.05) is 6.07 Å². The van der Waals surface area contributed by atoms with Gasteiger partial charge in [0.15, 0.2) is 0 Å². The first-order chi connectivity index (χ1) is 27.8. The van der Waals surface area contributed by atoms with Gasteiger partial charge in [-0.15, -0.1) is 0 Å². The third-order valence-electron chi connectivity index (χ3n) is 11.3. The zero-order chi connectivity index (χ0) is 37.0. The van der Waals surface area contributed by atoms with Crippen molar-refractivity contribution in [2.45, 2.75) is 0 Å². The highest BCUT2D eigenvalue weighted by atomic mass is 16.3. The van der Waals surface area contributed by atoms with Crippen molar-refractivity contribution in [2.75, 3.05) is 4.90 Å². The Morgan fingerprint density at radius 3 is 1.73 bits per heavy atom. The number of hydrogen-bond acceptors (Lipinski definition) is 2. The maximum Gasteiger partial charge on any atom is 0.137 e. The molecule has 1 heterocycles. The standard InChI is InChI=1S/C54H35NO/c1-2-13-37(14-3-1)46-33-30-40(45-22-11-23-47-44-19-7-5-16-38(44)29-34-48(45)47)35-51(46)55(50-24-12-26-53-54(50)49-20-8-9-25-52(49)56-53)41-31-27-39(28-32-41)43-21-10-17-36-15-4-6-18-42(36)43/h1-35H. The van der Waals surface area contributed by atoms with Crippen LogP contribution in [0.3, 0.4) is 0 Å². The summed E-state index contributed by atoms with van der Waals surface area (Å²) in [4.78, 5) is 2.43. The van der Waals surface area contributed by atoms with Crippen LogP contribution < -0.4 is 4.90 Å². The van der Waals surface area contributed by atoms with Crippen molar-refractivity contribution >= 4 is 71.3 Å². The van der Waals surface area contributed by atoms with Gasteiger partial charge >= 0.3 is 0 Å². The Hall–Kier alpha value is -7.42. The second-order valence-corrected chi connectivity index (χ2v) is 14.4. The van der Waals surface area contributed by atoms with Crippen molar-refractivity contribution in [2.24, 2.45) is 0 Å². The lowest BCUT2D eigenvalue weighted by Crippen LogP contribution is -2.12. The highest BCUT2D eigenvalue weighted by molar-refractivity contribution is 6.15. The zero-order valence-electron chi connectivity index (χ0n) is 30.6. The van der Waals surface area contributed by atoms with Gasteiger partial charge in [-0.25, -0.2) is 0 Å². The number of fused-ring (bicyclic) bond motifs is 7. The summed E-state index contributed by atoms with van der Waals surface area (Å²) in [6.45, 7) is 0. The smallest absolute Gasteiger partial charge is 0.137 e. The molecule has 2 heteroatoms. The predicted octanol–water partition coefficient (Wildman–Crippen LogP) is 15.5. The summed E-state index contributed by atoms with van der Waals surface area (Å²) in [5.41, 5.74) is 12.0. The first-order valence-electron chi connectivity index (χ1n) is 19.2. The molecule has 0 unspecified atom stereocenters. The van der Waals surface area contributed by atoms with Crippen molar-refractivity contribution in [1.82, 2.24) is 0 Å². The summed E-state index contributed by atoms with van der Waals surface area (Å²) in [5.74, 6) is 0. The Morgan fingerprint density at radius 2 is 0.893 bits per heavy atom. The average Bonchev–Trinajstić information content (AvgIpc) is 3.66. The fourth-order valence-corrected chi connectivity index (χ4v) is 8.66. The van der Waals surface area contributed by atoms with Gasteiger partial charge in [0.2, 0.25) is 0 Å². The molecule has 11 rings (SSSR count). The van der Waals surface area contributed by atoms with E-state index in [1.165, 1.54) is 49.0 Å². The number of hydrogen-bond donors (Lipinski definition) is 0. The molecule has 0 saturated heterocycles. The van der Waals surface area contributed by atoms with Crippen LogP contribution in [0.15, 0.2) is 217 Å². The fraction of sp³-hybridized carbons (Fsp3) is 0. The first-order valence-corrected chi connectivity index (χ1v) is 19.2. The topological polar surface area (TPSA) is 16.4 Å². The van der Waals surface area contributed by atoms with E-state index in [-0.39, 0.29) is 0 Å². The molecule has 0 bridgehead atoms. The monoisotopic (exact) mass is 713 g/mol. The number of rotatable bonds is 6. The molecule has 11 aromatic rings. The van der Waals surface area contributed by atoms with Crippen molar-refractivity contribution in [1.29, 1.82) is 0 Å². The molecule has 0 fully saturated rings. The van der Waals surface area contributed by atoms with Crippen LogP contribution in [0.25, 0.3) is 87.6 Å². The minimum absolute atomic E-state index is 0.861. The number of anilines is 3. The number of furan rings is 1. The molecule has 2 nitrogen and oxygen atoms in total. The SMILES string of the molecule is c1ccc(-c2ccc(-c3cccc4c3ccc3ccccc34)cc2N(c2ccc(-c3cccc4ccccc34)cc2)c2cccc3oc4ccccc4c23)cc1. The summed E-state index contributed by atoms with van der Waals surface area (Å²) in [7, 11) is 0. The minimum atomic E-state index is 0.861. The number of para-hydroxylation sites is 1. The van der Waals surface area contributed by atoms with E-state index in [4.69, 9.17) is 4.42 Å². The number of nitrogens with zero attached hydrogens (tertiary/aromatic N) is 1. The Morgan fingerprint density at radius 1 is 0.304 bits per heavy atom. The second-order valence-electron chi connectivity index (χ2n) is 14.4. The highest BCUT2D eigenvalue weighted by Gasteiger charge is 2.23. The second kappa shape index (κ2) is 13.2. The van der Waals surface area contributed by atoms with Crippen LogP contribution in [0.2, 0.25) is 0 Å². The first kappa shape index (κ1) is 32.0. The Labute approximate surface area is 325 Å². The summed E-state index contributed by atoms with van der Waals surface area (Å²) in [5, 5.41) is 9.66. The molecule has 0 aliphatic rings. The van der Waals surface area contributed by atoms with Gasteiger partial charge in [0.25, 0.3) is 0 Å². The molecule has 0 atom stereocenters. The van der Waals surface area contributed by atoms with Gasteiger partial charge in [-0.3, -0.25) is 0 Å². The van der Waals surface area contributed by atoms with Gasteiger partial charge < -0.3 is 9.32 Å². The van der Waals surface area contributed by atoms with Crippen LogP contribution >= 0.6 is 0 Å². The number of benzene rings is 10. The van der Waals surface area contributed by atoms with E-state index in [9.17, 15) is 0 Å². The normalized spacial score (nSPS) is 11.6. The van der Waals surface area contributed by atoms with Crippen molar-refractivity contribution in [3.05, 3.63) is 212 Å². The predicted molar refractivity (Wildman–Crippen MR) is 237 cm³/mol. The van der Waals surface area contributed by atoms with E-state index in [2.05, 4.69) is 211 Å². The van der Waals surface area contributed by atoms with Gasteiger partial charge in [-0.05, 0) is 96.5 Å². The molecular weight excluding hydrogens is 679 g/mol. The summed E-state index contributed by atoms with van der Waals surface area (Å²) in [6, 6.07) is 76.6. The van der Waals surface area contributed by atoms with E-state index in [1.54, 1.807) is 0 Å². The molecule has 0 saturated carbocycles. The summed E-state index contributed by atoms with van der Waals surface area (Å²) >= 11 is 0. The Bertz CT molecular complexity index is 3240. The summed E-state index contributed by atoms with van der Waals surface area (Å²) < 4.78 is 6.50. The lowest BCUT2D eigenvalue weighted by molar-refractivity contribution is 0.669. The minimum Gasteiger partial charge on any atom is -0.456 e. The molecule has 0 radical (unpaired) electrons. The molecule has 1 aromatic heterocycles. The Kier molecular flexibility index (Phi) is 7.53. The summed E-state index contributed by atoms with van der Waals surface area (Å²) in [6.07, 6.45) is 0. The van der Waals surface area contributed by atoms with Crippen LogP contribution in [0.1, 0.15) is 0 Å². The molecule has 10 aromatic carbocycles. The van der Waals surface area contributed by atoms with Gasteiger partial charge in [-0.1, -0.05) is 176 Å². The van der Waals surface area contributed by atoms with Crippen LogP contribution in [-0.4, -0.2) is 0 Å². The maximum absolute atomic E-state index is 6.50. The van der Waals surface area contributed by atoms with Gasteiger partial charge in [0.1, 0.15) is 11.2 Å². The fourth-order valence-electron chi connectivity index (χ4n) is 8.66. The van der Waals surface area contributed by atoms with E-state index < -0.39 is 0 Å². The molecule has 262 valence electrons. The van der Waals surface area contributed by atoms with Crippen LogP contribution in [0, 0.1) is 0 Å². The zero-order valence-corrected chi connectivity index (χ0v) is 30.6. The molecular formula is C54H35NO. The van der Waals surface area contributed by atoms with E-state index in [0.717, 1.165) is 55.7 Å². The third kappa shape index (κ3) is 5.26. The van der Waals surface area contributed by atoms with Crippen LogP contribution in [0.5, 0.6) is 0 Å². The largest absolute Gasteiger partial charge is 0.456 e. The average molecular weight is 714 g/mol. The molecule has 56 heavy (non-hydrogen) atoms. The van der Waals surface area contributed by atoms with E-state index in [0.29, 0.717) is 0 Å². The van der Waals surface area contributed by atoms with Crippen molar-refractivity contribution in [3.8, 4) is 33.4 Å². The van der Waals surface area contributed by atoms with Crippen molar-refractivity contribution in [3.63, 3.8) is 0 Å². The van der Waals surface area contributed by atoms with Gasteiger partial charge in [-0.2, -0.15) is 0 Å². The van der Waals surface area contributed by atoms with Gasteiger partial charge in [0.05, 0.1) is 16.8 Å². The lowest BCUT2D eigenvalue weighted by Gasteiger charge is -2.29. The quantitative estimate of drug-likeness (QED) is 0.160. The van der Waals surface area contributed by atoms with E-state index >= 15 is 0 Å². The lowest BCUT2D eigenvalue weighted by atomic mass is 9.92. The molecule has 0 amide bonds. The molecule has 0 spiro atoms. The van der Waals surface area contributed by atoms with Crippen molar-refractivity contribution < 1.29 is 4.42 Å². The molecule has 0 aliphatic heterocycles. The molecule has 0 N–H and O–H groups in total. The third-order valence-corrected chi connectivity index (χ3v) is 11.3. The van der Waals surface area contributed by atoms with Gasteiger partial charge in [0, 0.05) is 16.6 Å². The molecule has 0 aliphatic carbocycles. The van der Waals surface area contributed by atoms with Crippen LogP contribution in [0.4, 0.5) is 17.1 Å². The highest BCUT2D eigenvalue weighted by Crippen LogP contribution is 2.48. The maximum atomic E-state index is 6.50. The van der Waals surface area contributed by atoms with Crippen LogP contribution in [-0.2, 0) is 0 Å². The Balaban J connectivity index is 1.18.